The Kier molecular flexibility index (Phi) is 4.36. The molecule has 0 aliphatic rings. The largest absolute Gasteiger partial charge is 0.495 e. The number of aromatic nitrogens is 1. The summed E-state index contributed by atoms with van der Waals surface area (Å²) < 4.78 is 5.14. The number of benzene rings is 2. The van der Waals surface area contributed by atoms with Gasteiger partial charge in [-0.05, 0) is 30.3 Å². The molecule has 0 amide bonds. The number of hydrogen-bond acceptors (Lipinski definition) is 3. The van der Waals surface area contributed by atoms with E-state index in [2.05, 4.69) is 10.3 Å². The van der Waals surface area contributed by atoms with Crippen LogP contribution in [0.5, 0.6) is 5.75 Å². The summed E-state index contributed by atoms with van der Waals surface area (Å²) in [5.41, 5.74) is 2.73. The summed E-state index contributed by atoms with van der Waals surface area (Å²) in [6.07, 6.45) is 0. The van der Waals surface area contributed by atoms with Crippen molar-refractivity contribution in [2.24, 2.45) is 0 Å². The van der Waals surface area contributed by atoms with Gasteiger partial charge < -0.3 is 10.1 Å². The van der Waals surface area contributed by atoms with E-state index in [-0.39, 0.29) is 0 Å². The molecular weight excluding hydrogens is 319 g/mol. The van der Waals surface area contributed by atoms with Crippen LogP contribution >= 0.6 is 23.2 Å². The van der Waals surface area contributed by atoms with Gasteiger partial charge in [-0.15, -0.1) is 0 Å². The quantitative estimate of drug-likeness (QED) is 0.670. The molecule has 5 heteroatoms. The molecule has 1 heterocycles. The molecule has 22 heavy (non-hydrogen) atoms. The maximum atomic E-state index is 6.25. The third-order valence-corrected chi connectivity index (χ3v) is 4.01. The number of hydrogen-bond donors (Lipinski definition) is 1. The Morgan fingerprint density at radius 3 is 2.68 bits per heavy atom. The zero-order valence-corrected chi connectivity index (χ0v) is 13.4. The number of methoxy groups -OCH3 is 1. The number of pyridine rings is 1. The average molecular weight is 333 g/mol. The first-order valence-electron chi connectivity index (χ1n) is 6.79. The highest BCUT2D eigenvalue weighted by Crippen LogP contribution is 2.28. The first-order chi connectivity index (χ1) is 10.7. The van der Waals surface area contributed by atoms with E-state index in [0.29, 0.717) is 22.5 Å². The highest BCUT2D eigenvalue weighted by atomic mass is 35.5. The molecule has 0 saturated carbocycles. The highest BCUT2D eigenvalue weighted by molar-refractivity contribution is 6.32. The molecule has 3 rings (SSSR count). The third kappa shape index (κ3) is 3.11. The van der Waals surface area contributed by atoms with Crippen molar-refractivity contribution in [3.63, 3.8) is 0 Å². The van der Waals surface area contributed by atoms with E-state index in [9.17, 15) is 0 Å². The predicted octanol–water partition coefficient (Wildman–Crippen LogP) is 5.16. The summed E-state index contributed by atoms with van der Waals surface area (Å²) in [4.78, 5) is 4.41. The Morgan fingerprint density at radius 2 is 1.91 bits per heavy atom. The van der Waals surface area contributed by atoms with Crippen LogP contribution in [0.2, 0.25) is 10.2 Å². The van der Waals surface area contributed by atoms with Gasteiger partial charge in [0.1, 0.15) is 10.9 Å². The van der Waals surface area contributed by atoms with Gasteiger partial charge in [0.05, 0.1) is 17.6 Å². The Morgan fingerprint density at radius 1 is 1.09 bits per heavy atom. The smallest absolute Gasteiger partial charge is 0.137 e. The van der Waals surface area contributed by atoms with E-state index >= 15 is 0 Å². The lowest BCUT2D eigenvalue weighted by molar-refractivity contribution is 0.415. The molecule has 3 aromatic rings. The molecule has 1 aromatic heterocycles. The normalized spacial score (nSPS) is 10.7. The minimum absolute atomic E-state index is 0.505. The van der Waals surface area contributed by atoms with Crippen LogP contribution in [0.25, 0.3) is 10.9 Å². The number of anilines is 1. The molecule has 0 saturated heterocycles. The fourth-order valence-corrected chi connectivity index (χ4v) is 2.70. The number of ether oxygens (including phenoxy) is 1. The molecule has 0 bridgehead atoms. The van der Waals surface area contributed by atoms with Crippen molar-refractivity contribution in [3.8, 4) is 5.75 Å². The zero-order chi connectivity index (χ0) is 15.5. The molecule has 1 N–H and O–H groups in total. The van der Waals surface area contributed by atoms with Crippen molar-refractivity contribution < 1.29 is 4.74 Å². The number of rotatable bonds is 4. The average Bonchev–Trinajstić information content (AvgIpc) is 2.53. The summed E-state index contributed by atoms with van der Waals surface area (Å²) in [6, 6.07) is 15.5. The fourth-order valence-electron chi connectivity index (χ4n) is 2.23. The lowest BCUT2D eigenvalue weighted by Gasteiger charge is -2.10. The second-order valence-corrected chi connectivity index (χ2v) is 5.60. The molecule has 3 nitrogen and oxygen atoms in total. The van der Waals surface area contributed by atoms with Crippen molar-refractivity contribution in [2.45, 2.75) is 6.54 Å². The van der Waals surface area contributed by atoms with Crippen molar-refractivity contribution in [3.05, 3.63) is 64.3 Å². The number of nitrogens with one attached hydrogen (secondary N) is 1. The molecule has 0 aliphatic heterocycles. The Labute approximate surface area is 138 Å². The Balaban J connectivity index is 1.81. The van der Waals surface area contributed by atoms with Crippen LogP contribution in [-0.4, -0.2) is 12.1 Å². The Hall–Kier alpha value is -1.97. The van der Waals surface area contributed by atoms with Crippen molar-refractivity contribution in [1.29, 1.82) is 0 Å². The second-order valence-electron chi connectivity index (χ2n) is 4.83. The van der Waals surface area contributed by atoms with Gasteiger partial charge in [-0.3, -0.25) is 0 Å². The molecule has 0 spiro atoms. The minimum atomic E-state index is 0.505. The van der Waals surface area contributed by atoms with Crippen molar-refractivity contribution in [1.82, 2.24) is 4.98 Å². The summed E-state index contributed by atoms with van der Waals surface area (Å²) in [5.74, 6) is 0.651. The van der Waals surface area contributed by atoms with Gasteiger partial charge in [0.15, 0.2) is 0 Å². The maximum absolute atomic E-state index is 6.25. The summed E-state index contributed by atoms with van der Waals surface area (Å²) in [5, 5.41) is 5.43. The number of fused-ring (bicyclic) bond motifs is 1. The molecule has 0 atom stereocenters. The molecule has 0 unspecified atom stereocenters. The van der Waals surface area contributed by atoms with Crippen LogP contribution in [0.4, 0.5) is 5.69 Å². The van der Waals surface area contributed by atoms with E-state index in [4.69, 9.17) is 27.9 Å². The van der Waals surface area contributed by atoms with Crippen molar-refractivity contribution >= 4 is 39.8 Å². The number of nitrogens with zero attached hydrogens (tertiary/aromatic N) is 1. The van der Waals surface area contributed by atoms with E-state index in [0.717, 1.165) is 22.2 Å². The van der Waals surface area contributed by atoms with Gasteiger partial charge in [0, 0.05) is 23.2 Å². The summed E-state index contributed by atoms with van der Waals surface area (Å²) in [7, 11) is 1.59. The lowest BCUT2D eigenvalue weighted by Crippen LogP contribution is -2.01. The third-order valence-electron chi connectivity index (χ3n) is 3.38. The topological polar surface area (TPSA) is 34.1 Å². The fraction of sp³-hybridized carbons (Fsp3) is 0.118. The monoisotopic (exact) mass is 332 g/mol. The van der Waals surface area contributed by atoms with E-state index in [1.807, 2.05) is 48.5 Å². The maximum Gasteiger partial charge on any atom is 0.137 e. The van der Waals surface area contributed by atoms with Gasteiger partial charge >= 0.3 is 0 Å². The van der Waals surface area contributed by atoms with Crippen LogP contribution in [0.1, 0.15) is 5.56 Å². The molecule has 0 aliphatic carbocycles. The molecule has 2 aromatic carbocycles. The zero-order valence-electron chi connectivity index (χ0n) is 11.9. The molecule has 0 radical (unpaired) electrons. The van der Waals surface area contributed by atoms with Gasteiger partial charge in [-0.2, -0.15) is 0 Å². The van der Waals surface area contributed by atoms with Crippen LogP contribution in [-0.2, 0) is 6.54 Å². The van der Waals surface area contributed by atoms with Crippen molar-refractivity contribution in [2.75, 3.05) is 12.4 Å². The SMILES string of the molecule is COc1ccc(NCc2cc3ccccc3nc2Cl)cc1Cl. The molecular formula is C17H14Cl2N2O. The summed E-state index contributed by atoms with van der Waals surface area (Å²) in [6.45, 7) is 0.569. The first-order valence-corrected chi connectivity index (χ1v) is 7.54. The van der Waals surface area contributed by atoms with Crippen LogP contribution in [0, 0.1) is 0 Å². The standard InChI is InChI=1S/C17H14Cl2N2O/c1-22-16-7-6-13(9-14(16)18)20-10-12-8-11-4-2-3-5-15(11)21-17(12)19/h2-9,20H,10H2,1H3. The predicted molar refractivity (Wildman–Crippen MR) is 92.1 cm³/mol. The van der Waals surface area contributed by atoms with E-state index in [1.54, 1.807) is 7.11 Å². The number of halogens is 2. The number of para-hydroxylation sites is 1. The van der Waals surface area contributed by atoms with Gasteiger partial charge in [0.2, 0.25) is 0 Å². The Bertz CT molecular complexity index is 821. The first kappa shape index (κ1) is 14.9. The summed E-state index contributed by atoms with van der Waals surface area (Å²) >= 11 is 12.4. The van der Waals surface area contributed by atoms with Crippen LogP contribution in [0.15, 0.2) is 48.5 Å². The van der Waals surface area contributed by atoms with Crippen LogP contribution < -0.4 is 10.1 Å². The van der Waals surface area contributed by atoms with Gasteiger partial charge in [-0.1, -0.05) is 41.4 Å². The second kappa shape index (κ2) is 6.42. The highest BCUT2D eigenvalue weighted by Gasteiger charge is 2.06. The molecule has 0 fully saturated rings. The minimum Gasteiger partial charge on any atom is -0.495 e. The van der Waals surface area contributed by atoms with Gasteiger partial charge in [0.25, 0.3) is 0 Å². The molecule has 112 valence electrons. The van der Waals surface area contributed by atoms with Gasteiger partial charge in [-0.25, -0.2) is 4.98 Å². The van der Waals surface area contributed by atoms with E-state index in [1.165, 1.54) is 0 Å². The van der Waals surface area contributed by atoms with Crippen LogP contribution in [0.3, 0.4) is 0 Å². The van der Waals surface area contributed by atoms with E-state index < -0.39 is 0 Å². The lowest BCUT2D eigenvalue weighted by atomic mass is 10.1.